The van der Waals surface area contributed by atoms with Crippen LogP contribution in [0, 0.1) is 0 Å². The van der Waals surface area contributed by atoms with Gasteiger partial charge in [0.15, 0.2) is 5.75 Å². The second-order valence-electron chi connectivity index (χ2n) is 3.83. The number of hydrogen-bond donors (Lipinski definition) is 2. The number of nitrogens with two attached hydrogens (primary N) is 1. The van der Waals surface area contributed by atoms with Crippen LogP contribution in [-0.4, -0.2) is 46.9 Å². The van der Waals surface area contributed by atoms with E-state index in [0.29, 0.717) is 22.9 Å². The third-order valence-corrected chi connectivity index (χ3v) is 4.00. The van der Waals surface area contributed by atoms with Crippen molar-refractivity contribution in [3.8, 4) is 5.75 Å². The summed E-state index contributed by atoms with van der Waals surface area (Å²) < 4.78 is 10.4. The van der Waals surface area contributed by atoms with E-state index in [4.69, 9.17) is 15.2 Å². The predicted molar refractivity (Wildman–Crippen MR) is 78.4 cm³/mol. The fraction of sp³-hybridized carbons (Fsp3) is 0.583. The van der Waals surface area contributed by atoms with E-state index < -0.39 is 0 Å². The molecule has 0 aliphatic heterocycles. The van der Waals surface area contributed by atoms with Crippen LogP contribution in [0.2, 0.25) is 0 Å². The Morgan fingerprint density at radius 3 is 2.63 bits per heavy atom. The molecule has 1 rings (SSSR count). The van der Waals surface area contributed by atoms with Gasteiger partial charge in [-0.15, -0.1) is 11.3 Å². The first-order chi connectivity index (χ1) is 9.10. The number of amides is 1. The number of carbonyl (C=O) groups excluding carboxylic acids is 1. The molecule has 0 aromatic carbocycles. The molecule has 1 aromatic heterocycles. The minimum absolute atomic E-state index is 0.199. The van der Waals surface area contributed by atoms with Crippen molar-refractivity contribution in [3.63, 3.8) is 0 Å². The van der Waals surface area contributed by atoms with Crippen LogP contribution < -0.4 is 20.7 Å². The lowest BCUT2D eigenvalue weighted by atomic mass is 10.3. The second-order valence-corrected chi connectivity index (χ2v) is 4.83. The zero-order valence-corrected chi connectivity index (χ0v) is 12.6. The van der Waals surface area contributed by atoms with E-state index in [9.17, 15) is 4.79 Å². The van der Waals surface area contributed by atoms with Crippen LogP contribution in [0.4, 0.5) is 10.7 Å². The normalized spacial score (nSPS) is 10.3. The summed E-state index contributed by atoms with van der Waals surface area (Å²) in [5, 5.41) is 3.44. The van der Waals surface area contributed by atoms with Crippen molar-refractivity contribution in [1.29, 1.82) is 0 Å². The SMILES string of the molecule is CCN(CCOC)c1sc(C(=O)NC)c(N)c1OC. The van der Waals surface area contributed by atoms with Gasteiger partial charge in [-0.2, -0.15) is 0 Å². The molecule has 0 spiro atoms. The van der Waals surface area contributed by atoms with Gasteiger partial charge in [0, 0.05) is 27.2 Å². The van der Waals surface area contributed by atoms with Crippen molar-refractivity contribution in [3.05, 3.63) is 4.88 Å². The molecule has 0 unspecified atom stereocenters. The maximum absolute atomic E-state index is 11.8. The number of nitrogens with zero attached hydrogens (tertiary/aromatic N) is 1. The molecule has 1 aromatic rings. The first kappa shape index (κ1) is 15.6. The highest BCUT2D eigenvalue weighted by Crippen LogP contribution is 2.44. The number of anilines is 2. The highest BCUT2D eigenvalue weighted by Gasteiger charge is 2.24. The van der Waals surface area contributed by atoms with Gasteiger partial charge in [-0.3, -0.25) is 4.79 Å². The monoisotopic (exact) mass is 287 g/mol. The standard InChI is InChI=1S/C12H21N3O3S/c1-5-15(6-7-17-3)12-9(18-4)8(13)10(19-12)11(16)14-2/h5-7,13H2,1-4H3,(H,14,16). The van der Waals surface area contributed by atoms with E-state index in [1.165, 1.54) is 11.3 Å². The molecule has 1 amide bonds. The van der Waals surface area contributed by atoms with Gasteiger partial charge < -0.3 is 25.4 Å². The number of hydrogen-bond acceptors (Lipinski definition) is 6. The molecule has 0 saturated heterocycles. The molecule has 1 heterocycles. The number of methoxy groups -OCH3 is 2. The van der Waals surface area contributed by atoms with Gasteiger partial charge in [0.2, 0.25) is 0 Å². The summed E-state index contributed by atoms with van der Waals surface area (Å²) in [5.41, 5.74) is 6.37. The van der Waals surface area contributed by atoms with E-state index in [1.807, 2.05) is 6.92 Å². The molecule has 3 N–H and O–H groups in total. The summed E-state index contributed by atoms with van der Waals surface area (Å²) in [6.45, 7) is 4.14. The number of thiophene rings is 1. The van der Waals surface area contributed by atoms with Crippen LogP contribution in [0.25, 0.3) is 0 Å². The van der Waals surface area contributed by atoms with Crippen molar-refractivity contribution in [1.82, 2.24) is 5.32 Å². The predicted octanol–water partition coefficient (Wildman–Crippen LogP) is 1.17. The van der Waals surface area contributed by atoms with Gasteiger partial charge in [0.25, 0.3) is 5.91 Å². The Balaban J connectivity index is 3.14. The number of carbonyl (C=O) groups is 1. The minimum Gasteiger partial charge on any atom is -0.492 e. The summed E-state index contributed by atoms with van der Waals surface area (Å²) in [6, 6.07) is 0. The van der Waals surface area contributed by atoms with E-state index in [1.54, 1.807) is 21.3 Å². The molecule has 0 saturated carbocycles. The van der Waals surface area contributed by atoms with E-state index >= 15 is 0 Å². The molecule has 0 atom stereocenters. The molecule has 7 heteroatoms. The van der Waals surface area contributed by atoms with Crippen LogP contribution in [-0.2, 0) is 4.74 Å². The lowest BCUT2D eigenvalue weighted by molar-refractivity contribution is 0.0967. The second kappa shape index (κ2) is 7.20. The Morgan fingerprint density at radius 2 is 2.16 bits per heavy atom. The zero-order valence-electron chi connectivity index (χ0n) is 11.8. The minimum atomic E-state index is -0.199. The summed E-state index contributed by atoms with van der Waals surface area (Å²) in [4.78, 5) is 14.3. The van der Waals surface area contributed by atoms with Gasteiger partial charge in [0.1, 0.15) is 15.6 Å². The van der Waals surface area contributed by atoms with Crippen molar-refractivity contribution in [2.24, 2.45) is 0 Å². The zero-order chi connectivity index (χ0) is 14.4. The Morgan fingerprint density at radius 1 is 1.47 bits per heavy atom. The molecular weight excluding hydrogens is 266 g/mol. The van der Waals surface area contributed by atoms with E-state index in [2.05, 4.69) is 10.2 Å². The Labute approximate surface area is 117 Å². The molecule has 0 fully saturated rings. The van der Waals surface area contributed by atoms with Crippen molar-refractivity contribution >= 4 is 27.9 Å². The number of rotatable bonds is 7. The fourth-order valence-electron chi connectivity index (χ4n) is 1.71. The molecular formula is C12H21N3O3S. The molecule has 0 radical (unpaired) electrons. The Hall–Kier alpha value is -1.47. The van der Waals surface area contributed by atoms with Gasteiger partial charge in [-0.1, -0.05) is 0 Å². The number of nitrogens with one attached hydrogen (secondary N) is 1. The quantitative estimate of drug-likeness (QED) is 0.787. The summed E-state index contributed by atoms with van der Waals surface area (Å²) >= 11 is 1.33. The molecule has 108 valence electrons. The molecule has 6 nitrogen and oxygen atoms in total. The van der Waals surface area contributed by atoms with Gasteiger partial charge >= 0.3 is 0 Å². The average Bonchev–Trinajstić information content (AvgIpc) is 2.76. The summed E-state index contributed by atoms with van der Waals surface area (Å²) in [7, 11) is 4.79. The maximum atomic E-state index is 11.8. The Kier molecular flexibility index (Phi) is 5.91. The van der Waals surface area contributed by atoms with Crippen LogP contribution in [0.1, 0.15) is 16.6 Å². The van der Waals surface area contributed by atoms with Gasteiger partial charge in [-0.25, -0.2) is 0 Å². The average molecular weight is 287 g/mol. The molecule has 0 aliphatic rings. The highest BCUT2D eigenvalue weighted by atomic mass is 32.1. The van der Waals surface area contributed by atoms with Crippen LogP contribution in [0.3, 0.4) is 0 Å². The topological polar surface area (TPSA) is 76.8 Å². The van der Waals surface area contributed by atoms with Gasteiger partial charge in [0.05, 0.1) is 13.7 Å². The van der Waals surface area contributed by atoms with Crippen molar-refractivity contribution in [2.45, 2.75) is 6.92 Å². The lowest BCUT2D eigenvalue weighted by Gasteiger charge is -2.21. The Bertz CT molecular complexity index is 434. The smallest absolute Gasteiger partial charge is 0.263 e. The molecule has 19 heavy (non-hydrogen) atoms. The third-order valence-electron chi connectivity index (χ3n) is 2.75. The lowest BCUT2D eigenvalue weighted by Crippen LogP contribution is -2.26. The number of ether oxygens (including phenoxy) is 2. The van der Waals surface area contributed by atoms with Crippen molar-refractivity contribution in [2.75, 3.05) is 51.6 Å². The summed E-state index contributed by atoms with van der Waals surface area (Å²) in [6.07, 6.45) is 0. The highest BCUT2D eigenvalue weighted by molar-refractivity contribution is 7.19. The maximum Gasteiger partial charge on any atom is 0.263 e. The van der Waals surface area contributed by atoms with Crippen molar-refractivity contribution < 1.29 is 14.3 Å². The van der Waals surface area contributed by atoms with E-state index in [0.717, 1.165) is 18.1 Å². The molecule has 0 bridgehead atoms. The first-order valence-electron chi connectivity index (χ1n) is 6.02. The number of likely N-dealkylation sites (N-methyl/N-ethyl adjacent to an activating group) is 1. The summed E-state index contributed by atoms with van der Waals surface area (Å²) in [5.74, 6) is 0.358. The van der Waals surface area contributed by atoms with Gasteiger partial charge in [-0.05, 0) is 6.92 Å². The van der Waals surface area contributed by atoms with E-state index in [-0.39, 0.29) is 5.91 Å². The fourth-order valence-corrected chi connectivity index (χ4v) is 2.93. The largest absolute Gasteiger partial charge is 0.492 e. The van der Waals surface area contributed by atoms with Crippen LogP contribution in [0.15, 0.2) is 0 Å². The van der Waals surface area contributed by atoms with Crippen LogP contribution in [0.5, 0.6) is 5.75 Å². The molecule has 0 aliphatic carbocycles. The van der Waals surface area contributed by atoms with Crippen LogP contribution >= 0.6 is 11.3 Å². The third kappa shape index (κ3) is 3.30. The number of nitrogen functional groups attached to an aromatic ring is 1. The first-order valence-corrected chi connectivity index (χ1v) is 6.84.